The molecule has 46 heavy (non-hydrogen) atoms. The van der Waals surface area contributed by atoms with E-state index in [1.807, 2.05) is 44.2 Å². The van der Waals surface area contributed by atoms with E-state index in [0.29, 0.717) is 37.9 Å². The van der Waals surface area contributed by atoms with Gasteiger partial charge in [-0.2, -0.15) is 0 Å². The van der Waals surface area contributed by atoms with Crippen molar-refractivity contribution in [2.24, 2.45) is 11.8 Å². The van der Waals surface area contributed by atoms with Crippen LogP contribution in [0.4, 0.5) is 0 Å². The lowest BCUT2D eigenvalue weighted by Gasteiger charge is -2.39. The Labute approximate surface area is 280 Å². The van der Waals surface area contributed by atoms with Gasteiger partial charge in [0.2, 0.25) is 17.7 Å². The van der Waals surface area contributed by atoms with Gasteiger partial charge in [-0.1, -0.05) is 78.7 Å². The number of alkyl halides is 1. The van der Waals surface area contributed by atoms with Crippen LogP contribution in [-0.4, -0.2) is 93.0 Å². The molecule has 3 fully saturated rings. The van der Waals surface area contributed by atoms with Crippen molar-refractivity contribution in [1.29, 1.82) is 0 Å². The van der Waals surface area contributed by atoms with Crippen molar-refractivity contribution in [1.82, 2.24) is 15.1 Å². The number of nitrogens with zero attached hydrogens (tertiary/aromatic N) is 2. The van der Waals surface area contributed by atoms with Gasteiger partial charge in [0, 0.05) is 24.3 Å². The first-order valence-electron chi connectivity index (χ1n) is 16.4. The van der Waals surface area contributed by atoms with Crippen LogP contribution < -0.4 is 5.32 Å². The number of carbonyl (C=O) groups is 4. The summed E-state index contributed by atoms with van der Waals surface area (Å²) < 4.78 is 12.9. The average molecular weight is 703 g/mol. The average Bonchev–Trinajstić information content (AvgIpc) is 3.64. The lowest BCUT2D eigenvalue weighted by molar-refractivity contribution is -0.162. The minimum atomic E-state index is -1.28. The summed E-state index contributed by atoms with van der Waals surface area (Å²) in [6.07, 6.45) is 4.97. The Kier molecular flexibility index (Phi) is 12.2. The van der Waals surface area contributed by atoms with Crippen LogP contribution in [0, 0.1) is 11.8 Å². The number of hydrogen-bond acceptors (Lipinski definition) is 7. The summed E-state index contributed by atoms with van der Waals surface area (Å²) in [5, 5.41) is 13.3. The molecule has 1 unspecified atom stereocenters. The van der Waals surface area contributed by atoms with Gasteiger partial charge in [-0.05, 0) is 38.2 Å². The van der Waals surface area contributed by atoms with Crippen LogP contribution in [0.25, 0.3) is 0 Å². The highest BCUT2D eigenvalue weighted by Gasteiger charge is 2.77. The quantitative estimate of drug-likeness (QED) is 0.143. The first kappa shape index (κ1) is 35.8. The van der Waals surface area contributed by atoms with E-state index in [2.05, 4.69) is 34.4 Å². The van der Waals surface area contributed by atoms with Gasteiger partial charge in [0.05, 0.1) is 36.6 Å². The van der Waals surface area contributed by atoms with Gasteiger partial charge in [-0.25, -0.2) is 0 Å². The van der Waals surface area contributed by atoms with Gasteiger partial charge in [0.25, 0.3) is 0 Å². The number of benzene rings is 1. The molecule has 0 aliphatic carbocycles. The van der Waals surface area contributed by atoms with Gasteiger partial charge < -0.3 is 29.7 Å². The number of esters is 1. The molecule has 2 N–H and O–H groups in total. The summed E-state index contributed by atoms with van der Waals surface area (Å²) >= 11 is 3.71. The molecule has 1 aromatic carbocycles. The van der Waals surface area contributed by atoms with Gasteiger partial charge in [-0.3, -0.25) is 19.2 Å². The first-order valence-corrected chi connectivity index (χ1v) is 17.3. The van der Waals surface area contributed by atoms with E-state index in [-0.39, 0.29) is 35.6 Å². The predicted octanol–water partition coefficient (Wildman–Crippen LogP) is 4.08. The molecule has 9 atom stereocenters. The van der Waals surface area contributed by atoms with Crippen molar-refractivity contribution < 1.29 is 33.8 Å². The summed E-state index contributed by atoms with van der Waals surface area (Å²) in [6.45, 7) is 13.6. The summed E-state index contributed by atoms with van der Waals surface area (Å²) in [5.74, 6) is -3.46. The number of allylic oxidation sites excluding steroid dienone is 1. The largest absolute Gasteiger partial charge is 0.455 e. The molecule has 3 aliphatic heterocycles. The van der Waals surface area contributed by atoms with Crippen molar-refractivity contribution in [3.63, 3.8) is 0 Å². The Morgan fingerprint density at radius 3 is 2.57 bits per heavy atom. The lowest BCUT2D eigenvalue weighted by Crippen LogP contribution is -2.59. The van der Waals surface area contributed by atoms with Gasteiger partial charge in [0.1, 0.15) is 17.7 Å². The molecular formula is C35H48BrN3O7. The van der Waals surface area contributed by atoms with E-state index >= 15 is 0 Å². The normalized spacial score (nSPS) is 28.2. The summed E-state index contributed by atoms with van der Waals surface area (Å²) in [4.78, 5) is 58.6. The number of likely N-dealkylation sites (tertiary alicyclic amines) is 1. The van der Waals surface area contributed by atoms with Crippen LogP contribution in [0.15, 0.2) is 55.6 Å². The molecule has 252 valence electrons. The summed E-state index contributed by atoms with van der Waals surface area (Å²) in [7, 11) is 0. The number of aliphatic hydroxyl groups excluding tert-OH is 1. The predicted molar refractivity (Wildman–Crippen MR) is 178 cm³/mol. The van der Waals surface area contributed by atoms with Crippen molar-refractivity contribution in [2.45, 2.75) is 100 Å². The number of carbonyl (C=O) groups excluding carboxylic acids is 4. The van der Waals surface area contributed by atoms with E-state index in [1.165, 1.54) is 4.90 Å². The number of nitrogens with one attached hydrogen (secondary N) is 1. The number of aliphatic hydroxyl groups is 1. The standard InChI is InChI=1S/C35H48BrN3O7/c1-6-10-17-26(41)37-22(5)29(23-15-13-12-14-16-23)45-34(44)27-28-32(42)39(24(9-4)21-40)31(35(28)20-25(36)30(27)46-35)33(43)38(18-8-3)19-11-7-2/h6,8,12-16,22,24-25,27-31,40H,1,3,7,9-11,17-21H2,2,4-5H3,(H,37,41)/t22-,24-,25?,27-,28+,29-,30-,31-,35+/m0/s1. The molecule has 3 amide bonds. The Balaban J connectivity index is 1.71. The lowest BCUT2D eigenvalue weighted by atomic mass is 9.70. The second-order valence-corrected chi connectivity index (χ2v) is 13.7. The zero-order valence-corrected chi connectivity index (χ0v) is 28.7. The third-order valence-corrected chi connectivity index (χ3v) is 10.4. The van der Waals surface area contributed by atoms with Crippen molar-refractivity contribution >= 4 is 39.6 Å². The highest BCUT2D eigenvalue weighted by molar-refractivity contribution is 9.09. The van der Waals surface area contributed by atoms with Crippen LogP contribution in [0.3, 0.4) is 0 Å². The Hall–Kier alpha value is -3.02. The fraction of sp³-hybridized carbons (Fsp3) is 0.600. The maximum Gasteiger partial charge on any atom is 0.313 e. The van der Waals surface area contributed by atoms with E-state index < -0.39 is 53.7 Å². The molecule has 1 spiro atoms. The van der Waals surface area contributed by atoms with E-state index in [9.17, 15) is 24.3 Å². The minimum Gasteiger partial charge on any atom is -0.455 e. The maximum atomic E-state index is 14.5. The van der Waals surface area contributed by atoms with Crippen LogP contribution in [-0.2, 0) is 28.7 Å². The molecule has 3 saturated heterocycles. The summed E-state index contributed by atoms with van der Waals surface area (Å²) in [5.41, 5.74) is -0.589. The number of fused-ring (bicyclic) bond motifs is 1. The van der Waals surface area contributed by atoms with Crippen molar-refractivity contribution in [3.05, 3.63) is 61.2 Å². The number of unbranched alkanes of at least 4 members (excludes halogenated alkanes) is 1. The molecule has 0 saturated carbocycles. The number of hydrogen-bond donors (Lipinski definition) is 2. The molecule has 4 rings (SSSR count). The maximum absolute atomic E-state index is 14.5. The van der Waals surface area contributed by atoms with Gasteiger partial charge in [0.15, 0.2) is 0 Å². The summed E-state index contributed by atoms with van der Waals surface area (Å²) in [6, 6.07) is 6.93. The molecule has 1 aromatic rings. The van der Waals surface area contributed by atoms with Crippen molar-refractivity contribution in [3.8, 4) is 0 Å². The van der Waals surface area contributed by atoms with Crippen LogP contribution in [0.5, 0.6) is 0 Å². The van der Waals surface area contributed by atoms with Gasteiger partial charge >= 0.3 is 5.97 Å². The van der Waals surface area contributed by atoms with E-state index in [0.717, 1.165) is 12.8 Å². The molecule has 0 aromatic heterocycles. The molecule has 3 aliphatic rings. The zero-order chi connectivity index (χ0) is 33.6. The van der Waals surface area contributed by atoms with Crippen molar-refractivity contribution in [2.75, 3.05) is 19.7 Å². The minimum absolute atomic E-state index is 0.197. The fourth-order valence-electron chi connectivity index (χ4n) is 7.33. The Morgan fingerprint density at radius 2 is 1.96 bits per heavy atom. The number of rotatable bonds is 17. The number of halogens is 1. The molecule has 0 radical (unpaired) electrons. The second-order valence-electron chi connectivity index (χ2n) is 12.5. The SMILES string of the molecule is C=CCCC(=O)N[C@@H](C)[C@H](OC(=O)[C@@H]1[C@H]2O[C@@]3(CC2Br)[C@H](C(=O)N(CC=C)CCCC)N([C@@H](CC)CO)C(=O)[C@@H]13)c1ccccc1. The van der Waals surface area contributed by atoms with Crippen LogP contribution >= 0.6 is 15.9 Å². The smallest absolute Gasteiger partial charge is 0.313 e. The monoisotopic (exact) mass is 701 g/mol. The number of ether oxygens (including phenoxy) is 2. The molecular weight excluding hydrogens is 654 g/mol. The van der Waals surface area contributed by atoms with E-state index in [1.54, 1.807) is 24.0 Å². The topological polar surface area (TPSA) is 125 Å². The Morgan fingerprint density at radius 1 is 1.24 bits per heavy atom. The molecule has 10 nitrogen and oxygen atoms in total. The Bertz CT molecular complexity index is 1270. The first-order chi connectivity index (χ1) is 22.1. The second kappa shape index (κ2) is 15.7. The van der Waals surface area contributed by atoms with Crippen LogP contribution in [0.1, 0.15) is 71.0 Å². The van der Waals surface area contributed by atoms with E-state index in [4.69, 9.17) is 9.47 Å². The fourth-order valence-corrected chi connectivity index (χ4v) is 8.28. The molecule has 3 heterocycles. The highest BCUT2D eigenvalue weighted by atomic mass is 79.9. The zero-order valence-electron chi connectivity index (χ0n) is 27.1. The third kappa shape index (κ3) is 6.82. The molecule has 11 heteroatoms. The third-order valence-electron chi connectivity index (χ3n) is 9.54. The highest BCUT2D eigenvalue weighted by Crippen LogP contribution is 2.61. The van der Waals surface area contributed by atoms with Crippen LogP contribution in [0.2, 0.25) is 0 Å². The van der Waals surface area contributed by atoms with Gasteiger partial charge in [-0.15, -0.1) is 13.2 Å². The number of amides is 3. The molecule has 2 bridgehead atoms.